The highest BCUT2D eigenvalue weighted by Gasteiger charge is 2.35. The van der Waals surface area contributed by atoms with Crippen LogP contribution in [-0.2, 0) is 17.3 Å². The molecule has 3 aromatic rings. The van der Waals surface area contributed by atoms with E-state index in [0.29, 0.717) is 16.3 Å². The standard InChI is InChI=1S/C17H12ClF3N2O2S/c1-10-2-5-12(8-14(10)18)23-15(9-16(22-23)17(19,20)21)11-3-6-13(7-4-11)26(24)25/h2-9H,1H3,(H,24,25). The second kappa shape index (κ2) is 6.86. The topological polar surface area (TPSA) is 55.1 Å². The molecule has 136 valence electrons. The van der Waals surface area contributed by atoms with Crippen molar-refractivity contribution in [3.8, 4) is 16.9 Å². The van der Waals surface area contributed by atoms with E-state index in [4.69, 9.17) is 16.2 Å². The van der Waals surface area contributed by atoms with Crippen LogP contribution in [0.15, 0.2) is 53.4 Å². The molecule has 3 rings (SSSR count). The summed E-state index contributed by atoms with van der Waals surface area (Å²) in [5.74, 6) is 0. The minimum Gasteiger partial charge on any atom is -0.302 e. The first-order valence-electron chi connectivity index (χ1n) is 7.32. The third-order valence-corrected chi connectivity index (χ3v) is 4.83. The molecule has 2 aromatic carbocycles. The highest BCUT2D eigenvalue weighted by molar-refractivity contribution is 7.79. The zero-order chi connectivity index (χ0) is 19.1. The highest BCUT2D eigenvalue weighted by atomic mass is 35.5. The number of hydrogen-bond acceptors (Lipinski definition) is 2. The number of benzene rings is 2. The lowest BCUT2D eigenvalue weighted by molar-refractivity contribution is -0.141. The fourth-order valence-corrected chi connectivity index (χ4v) is 2.92. The second-order valence-corrected chi connectivity index (χ2v) is 6.91. The first kappa shape index (κ1) is 18.6. The Kier molecular flexibility index (Phi) is 4.92. The number of aryl methyl sites for hydroxylation is 1. The van der Waals surface area contributed by atoms with Crippen molar-refractivity contribution in [2.24, 2.45) is 0 Å². The monoisotopic (exact) mass is 400 g/mol. The average molecular weight is 401 g/mol. The Morgan fingerprint density at radius 2 is 1.77 bits per heavy atom. The molecule has 4 nitrogen and oxygen atoms in total. The van der Waals surface area contributed by atoms with Gasteiger partial charge in [0.15, 0.2) is 16.8 Å². The Morgan fingerprint density at radius 1 is 1.12 bits per heavy atom. The van der Waals surface area contributed by atoms with Crippen LogP contribution >= 0.6 is 11.6 Å². The molecule has 1 unspecified atom stereocenters. The van der Waals surface area contributed by atoms with E-state index in [2.05, 4.69) is 5.10 Å². The lowest BCUT2D eigenvalue weighted by Crippen LogP contribution is -2.07. The number of hydrogen-bond donors (Lipinski definition) is 1. The SMILES string of the molecule is Cc1ccc(-n2nc(C(F)(F)F)cc2-c2ccc(S(=O)O)cc2)cc1Cl. The van der Waals surface area contributed by atoms with E-state index in [1.807, 2.05) is 0 Å². The molecule has 0 spiro atoms. The summed E-state index contributed by atoms with van der Waals surface area (Å²) in [7, 11) is 0. The van der Waals surface area contributed by atoms with Gasteiger partial charge in [-0.25, -0.2) is 8.89 Å². The van der Waals surface area contributed by atoms with E-state index in [-0.39, 0.29) is 10.6 Å². The van der Waals surface area contributed by atoms with Crippen LogP contribution in [0.2, 0.25) is 5.02 Å². The zero-order valence-electron chi connectivity index (χ0n) is 13.3. The van der Waals surface area contributed by atoms with Gasteiger partial charge in [0.25, 0.3) is 0 Å². The van der Waals surface area contributed by atoms with E-state index < -0.39 is 23.0 Å². The molecule has 0 amide bonds. The van der Waals surface area contributed by atoms with Crippen molar-refractivity contribution in [2.45, 2.75) is 18.0 Å². The maximum absolute atomic E-state index is 13.2. The van der Waals surface area contributed by atoms with Crippen LogP contribution in [0.4, 0.5) is 13.2 Å². The summed E-state index contributed by atoms with van der Waals surface area (Å²) >= 11 is 3.92. The minimum absolute atomic E-state index is 0.147. The first-order chi connectivity index (χ1) is 12.2. The molecule has 0 aliphatic carbocycles. The van der Waals surface area contributed by atoms with Gasteiger partial charge in [0.05, 0.1) is 16.3 Å². The lowest BCUT2D eigenvalue weighted by atomic mass is 10.1. The summed E-state index contributed by atoms with van der Waals surface area (Å²) in [6.07, 6.45) is -4.61. The number of aromatic nitrogens is 2. The van der Waals surface area contributed by atoms with Gasteiger partial charge in [-0.05, 0) is 42.8 Å². The van der Waals surface area contributed by atoms with Crippen molar-refractivity contribution >= 4 is 22.7 Å². The fraction of sp³-hybridized carbons (Fsp3) is 0.118. The third kappa shape index (κ3) is 3.67. The van der Waals surface area contributed by atoms with E-state index >= 15 is 0 Å². The molecule has 1 heterocycles. The average Bonchev–Trinajstić information content (AvgIpc) is 3.03. The largest absolute Gasteiger partial charge is 0.435 e. The van der Waals surface area contributed by atoms with Crippen molar-refractivity contribution in [1.82, 2.24) is 9.78 Å². The Balaban J connectivity index is 2.18. The Morgan fingerprint density at radius 3 is 2.31 bits per heavy atom. The molecule has 0 saturated carbocycles. The van der Waals surface area contributed by atoms with Gasteiger partial charge in [0.2, 0.25) is 0 Å². The Hall–Kier alpha value is -2.16. The van der Waals surface area contributed by atoms with Crippen LogP contribution in [0, 0.1) is 6.92 Å². The molecule has 9 heteroatoms. The minimum atomic E-state index is -4.61. The number of nitrogens with zero attached hydrogens (tertiary/aromatic N) is 2. The van der Waals surface area contributed by atoms with E-state index in [1.165, 1.54) is 30.3 Å². The van der Waals surface area contributed by atoms with Gasteiger partial charge < -0.3 is 4.55 Å². The molecule has 1 aromatic heterocycles. The quantitative estimate of drug-likeness (QED) is 0.622. The van der Waals surface area contributed by atoms with Crippen molar-refractivity contribution in [3.63, 3.8) is 0 Å². The number of alkyl halides is 3. The summed E-state index contributed by atoms with van der Waals surface area (Å²) in [6.45, 7) is 1.78. The summed E-state index contributed by atoms with van der Waals surface area (Å²) < 4.78 is 60.8. The molecule has 0 saturated heterocycles. The Bertz CT molecular complexity index is 985. The first-order valence-corrected chi connectivity index (χ1v) is 8.80. The van der Waals surface area contributed by atoms with Crippen molar-refractivity contribution < 1.29 is 21.9 Å². The predicted molar refractivity (Wildman–Crippen MR) is 92.8 cm³/mol. The molecule has 0 aliphatic heterocycles. The summed E-state index contributed by atoms with van der Waals surface area (Å²) in [4.78, 5) is 0.147. The second-order valence-electron chi connectivity index (χ2n) is 5.53. The summed E-state index contributed by atoms with van der Waals surface area (Å²) in [5, 5.41) is 4.09. The molecule has 1 N–H and O–H groups in total. The van der Waals surface area contributed by atoms with E-state index in [1.54, 1.807) is 19.1 Å². The molecule has 0 bridgehead atoms. The van der Waals surface area contributed by atoms with Gasteiger partial charge in [0, 0.05) is 10.6 Å². The lowest BCUT2D eigenvalue weighted by Gasteiger charge is -2.09. The molecule has 0 aliphatic rings. The van der Waals surface area contributed by atoms with Gasteiger partial charge in [-0.3, -0.25) is 0 Å². The van der Waals surface area contributed by atoms with Gasteiger partial charge in [0.1, 0.15) is 0 Å². The normalized spacial score (nSPS) is 13.0. The van der Waals surface area contributed by atoms with Crippen LogP contribution in [0.1, 0.15) is 11.3 Å². The van der Waals surface area contributed by atoms with Crippen LogP contribution in [0.5, 0.6) is 0 Å². The maximum Gasteiger partial charge on any atom is 0.435 e. The maximum atomic E-state index is 13.2. The van der Waals surface area contributed by atoms with Crippen LogP contribution in [-0.4, -0.2) is 18.5 Å². The van der Waals surface area contributed by atoms with Gasteiger partial charge in [-0.15, -0.1) is 0 Å². The van der Waals surface area contributed by atoms with Crippen LogP contribution < -0.4 is 0 Å². The molecule has 26 heavy (non-hydrogen) atoms. The van der Waals surface area contributed by atoms with Crippen molar-refractivity contribution in [2.75, 3.05) is 0 Å². The predicted octanol–water partition coefficient (Wildman–Crippen LogP) is 5.10. The molecule has 1 atom stereocenters. The number of rotatable bonds is 3. The summed E-state index contributed by atoms with van der Waals surface area (Å²) in [6, 6.07) is 11.4. The highest BCUT2D eigenvalue weighted by Crippen LogP contribution is 2.34. The number of halogens is 4. The Labute approximate surface area is 154 Å². The van der Waals surface area contributed by atoms with Crippen LogP contribution in [0.25, 0.3) is 16.9 Å². The van der Waals surface area contributed by atoms with Gasteiger partial charge in [-0.2, -0.15) is 18.3 Å². The van der Waals surface area contributed by atoms with E-state index in [9.17, 15) is 17.4 Å². The third-order valence-electron chi connectivity index (χ3n) is 3.75. The van der Waals surface area contributed by atoms with Crippen molar-refractivity contribution in [1.29, 1.82) is 0 Å². The smallest absolute Gasteiger partial charge is 0.302 e. The van der Waals surface area contributed by atoms with Gasteiger partial charge >= 0.3 is 6.18 Å². The molecule has 0 radical (unpaired) electrons. The summed E-state index contributed by atoms with van der Waals surface area (Å²) in [5.41, 5.74) is 0.723. The zero-order valence-corrected chi connectivity index (χ0v) is 14.9. The van der Waals surface area contributed by atoms with Crippen molar-refractivity contribution in [3.05, 3.63) is 64.8 Å². The van der Waals surface area contributed by atoms with Gasteiger partial charge in [-0.1, -0.05) is 29.8 Å². The molecular formula is C17H12ClF3N2O2S. The fourth-order valence-electron chi connectivity index (χ4n) is 2.38. The molecule has 0 fully saturated rings. The van der Waals surface area contributed by atoms with E-state index in [0.717, 1.165) is 16.3 Å². The molecular weight excluding hydrogens is 389 g/mol. The van der Waals surface area contributed by atoms with Crippen LogP contribution in [0.3, 0.4) is 0 Å².